The number of halogens is 1. The molecule has 1 N–H and O–H groups in total. The van der Waals surface area contributed by atoms with Crippen molar-refractivity contribution < 1.29 is 0 Å². The molecule has 0 unspecified atom stereocenters. The van der Waals surface area contributed by atoms with Crippen LogP contribution in [0.5, 0.6) is 0 Å². The molecule has 118 valence electrons. The van der Waals surface area contributed by atoms with E-state index in [2.05, 4.69) is 41.0 Å². The van der Waals surface area contributed by atoms with Crippen LogP contribution in [-0.2, 0) is 5.41 Å². The Morgan fingerprint density at radius 2 is 1.81 bits per heavy atom. The minimum Gasteiger partial charge on any atom is -0.369 e. The van der Waals surface area contributed by atoms with Gasteiger partial charge in [-0.1, -0.05) is 45.2 Å². The third kappa shape index (κ3) is 5.44. The van der Waals surface area contributed by atoms with E-state index in [4.69, 9.17) is 11.6 Å². The summed E-state index contributed by atoms with van der Waals surface area (Å²) in [7, 11) is 0. The summed E-state index contributed by atoms with van der Waals surface area (Å²) in [5.74, 6) is 1.61. The van der Waals surface area contributed by atoms with Crippen molar-refractivity contribution in [2.24, 2.45) is 0 Å². The molecule has 0 aromatic carbocycles. The zero-order valence-electron chi connectivity index (χ0n) is 13.5. The summed E-state index contributed by atoms with van der Waals surface area (Å²) in [5, 5.41) is 3.90. The van der Waals surface area contributed by atoms with Crippen molar-refractivity contribution >= 4 is 17.4 Å². The maximum Gasteiger partial charge on any atom is 0.137 e. The number of hydrogen-bond acceptors (Lipinski definition) is 4. The van der Waals surface area contributed by atoms with E-state index >= 15 is 0 Å². The third-order valence-electron chi connectivity index (χ3n) is 3.80. The van der Waals surface area contributed by atoms with Crippen LogP contribution in [0.15, 0.2) is 6.07 Å². The molecule has 0 bridgehead atoms. The van der Waals surface area contributed by atoms with Crippen molar-refractivity contribution in [1.82, 2.24) is 14.9 Å². The van der Waals surface area contributed by atoms with Crippen LogP contribution >= 0.6 is 11.6 Å². The van der Waals surface area contributed by atoms with Crippen LogP contribution in [0.1, 0.15) is 52.3 Å². The Bertz CT molecular complexity index is 448. The highest BCUT2D eigenvalue weighted by molar-refractivity contribution is 6.29. The van der Waals surface area contributed by atoms with E-state index < -0.39 is 0 Å². The van der Waals surface area contributed by atoms with Gasteiger partial charge < -0.3 is 10.2 Å². The van der Waals surface area contributed by atoms with Gasteiger partial charge >= 0.3 is 0 Å². The van der Waals surface area contributed by atoms with Crippen LogP contribution in [0.2, 0.25) is 5.15 Å². The number of nitrogens with one attached hydrogen (secondary N) is 1. The summed E-state index contributed by atoms with van der Waals surface area (Å²) in [6.07, 6.45) is 5.40. The Labute approximate surface area is 133 Å². The molecule has 1 saturated heterocycles. The molecule has 2 heterocycles. The second kappa shape index (κ2) is 7.41. The van der Waals surface area contributed by atoms with Gasteiger partial charge in [0.1, 0.15) is 16.8 Å². The monoisotopic (exact) mass is 310 g/mol. The van der Waals surface area contributed by atoms with Crippen molar-refractivity contribution in [3.8, 4) is 0 Å². The fraction of sp³-hybridized carbons (Fsp3) is 0.750. The van der Waals surface area contributed by atoms with Crippen LogP contribution in [0.4, 0.5) is 5.82 Å². The first-order valence-corrected chi connectivity index (χ1v) is 8.34. The second-order valence-corrected chi connectivity index (χ2v) is 7.22. The van der Waals surface area contributed by atoms with E-state index in [-0.39, 0.29) is 5.41 Å². The summed E-state index contributed by atoms with van der Waals surface area (Å²) in [4.78, 5) is 11.4. The molecule has 1 aromatic heterocycles. The van der Waals surface area contributed by atoms with Crippen LogP contribution in [-0.4, -0.2) is 41.0 Å². The highest BCUT2D eigenvalue weighted by atomic mass is 35.5. The molecule has 5 heteroatoms. The van der Waals surface area contributed by atoms with Crippen molar-refractivity contribution in [2.45, 2.75) is 51.9 Å². The quantitative estimate of drug-likeness (QED) is 0.861. The Hall–Kier alpha value is -0.870. The zero-order chi connectivity index (χ0) is 15.3. The van der Waals surface area contributed by atoms with Gasteiger partial charge in [0.15, 0.2) is 0 Å². The first kappa shape index (κ1) is 16.5. The number of likely N-dealkylation sites (tertiary alicyclic amines) is 1. The van der Waals surface area contributed by atoms with Gasteiger partial charge in [0.2, 0.25) is 0 Å². The highest BCUT2D eigenvalue weighted by Crippen LogP contribution is 2.22. The summed E-state index contributed by atoms with van der Waals surface area (Å²) in [6, 6.07) is 1.80. The van der Waals surface area contributed by atoms with Gasteiger partial charge in [0.25, 0.3) is 0 Å². The fourth-order valence-electron chi connectivity index (χ4n) is 2.55. The van der Waals surface area contributed by atoms with Crippen LogP contribution in [0.3, 0.4) is 0 Å². The highest BCUT2D eigenvalue weighted by Gasteiger charge is 2.18. The largest absolute Gasteiger partial charge is 0.369 e. The Morgan fingerprint density at radius 3 is 2.43 bits per heavy atom. The van der Waals surface area contributed by atoms with E-state index in [0.29, 0.717) is 5.15 Å². The molecule has 0 aliphatic carbocycles. The number of nitrogens with zero attached hydrogens (tertiary/aromatic N) is 3. The molecule has 0 radical (unpaired) electrons. The Balaban J connectivity index is 1.89. The lowest BCUT2D eigenvalue weighted by atomic mass is 9.96. The second-order valence-electron chi connectivity index (χ2n) is 6.83. The molecular formula is C16H27ClN4. The minimum atomic E-state index is -0.0912. The summed E-state index contributed by atoms with van der Waals surface area (Å²) >= 11 is 6.10. The number of rotatable bonds is 4. The molecule has 2 rings (SSSR count). The average molecular weight is 311 g/mol. The normalized spacial score (nSPS) is 17.5. The zero-order valence-corrected chi connectivity index (χ0v) is 14.2. The summed E-state index contributed by atoms with van der Waals surface area (Å²) < 4.78 is 0. The van der Waals surface area contributed by atoms with E-state index in [1.807, 2.05) is 0 Å². The van der Waals surface area contributed by atoms with Crippen molar-refractivity contribution in [1.29, 1.82) is 0 Å². The summed E-state index contributed by atoms with van der Waals surface area (Å²) in [6.45, 7) is 10.7. The minimum absolute atomic E-state index is 0.0912. The van der Waals surface area contributed by atoms with E-state index in [1.165, 1.54) is 38.8 Å². The predicted molar refractivity (Wildman–Crippen MR) is 89.1 cm³/mol. The molecule has 1 fully saturated rings. The van der Waals surface area contributed by atoms with Gasteiger partial charge in [0, 0.05) is 24.6 Å². The molecule has 4 nitrogen and oxygen atoms in total. The van der Waals surface area contributed by atoms with Gasteiger partial charge in [0.05, 0.1) is 0 Å². The lowest BCUT2D eigenvalue weighted by Crippen LogP contribution is -2.30. The molecule has 0 amide bonds. The molecule has 1 aliphatic heterocycles. The lowest BCUT2D eigenvalue weighted by Gasteiger charge is -2.21. The first-order chi connectivity index (χ1) is 9.95. The molecule has 21 heavy (non-hydrogen) atoms. The van der Waals surface area contributed by atoms with Crippen LogP contribution < -0.4 is 5.32 Å². The Morgan fingerprint density at radius 1 is 1.14 bits per heavy atom. The topological polar surface area (TPSA) is 41.1 Å². The van der Waals surface area contributed by atoms with Gasteiger partial charge in [-0.05, 0) is 25.9 Å². The Kier molecular flexibility index (Phi) is 5.82. The predicted octanol–water partition coefficient (Wildman–Crippen LogP) is 3.72. The van der Waals surface area contributed by atoms with E-state index in [9.17, 15) is 0 Å². The SMILES string of the molecule is CC(C)(C)c1nc(Cl)cc(NCCN2CCCCCC2)n1. The van der Waals surface area contributed by atoms with Crippen molar-refractivity contribution in [3.63, 3.8) is 0 Å². The molecule has 1 aromatic rings. The van der Waals surface area contributed by atoms with Crippen LogP contribution in [0, 0.1) is 0 Å². The molecular weight excluding hydrogens is 284 g/mol. The average Bonchev–Trinajstić information content (AvgIpc) is 2.66. The molecule has 1 aliphatic rings. The maximum absolute atomic E-state index is 6.10. The fourth-order valence-corrected chi connectivity index (χ4v) is 2.73. The van der Waals surface area contributed by atoms with Crippen LogP contribution in [0.25, 0.3) is 0 Å². The molecule has 0 spiro atoms. The van der Waals surface area contributed by atoms with Crippen molar-refractivity contribution in [3.05, 3.63) is 17.0 Å². The van der Waals surface area contributed by atoms with Gasteiger partial charge in [-0.2, -0.15) is 0 Å². The standard InChI is InChI=1S/C16H27ClN4/c1-16(2,3)15-19-13(17)12-14(20-15)18-8-11-21-9-6-4-5-7-10-21/h12H,4-11H2,1-3H3,(H,18,19,20). The number of aromatic nitrogens is 2. The maximum atomic E-state index is 6.10. The molecule has 0 saturated carbocycles. The molecule has 0 atom stereocenters. The lowest BCUT2D eigenvalue weighted by molar-refractivity contribution is 0.296. The first-order valence-electron chi connectivity index (χ1n) is 7.96. The van der Waals surface area contributed by atoms with Gasteiger partial charge in [-0.15, -0.1) is 0 Å². The van der Waals surface area contributed by atoms with Gasteiger partial charge in [-0.3, -0.25) is 0 Å². The number of anilines is 1. The number of hydrogen-bond donors (Lipinski definition) is 1. The van der Waals surface area contributed by atoms with Crippen molar-refractivity contribution in [2.75, 3.05) is 31.5 Å². The smallest absolute Gasteiger partial charge is 0.137 e. The summed E-state index contributed by atoms with van der Waals surface area (Å²) in [5.41, 5.74) is -0.0912. The van der Waals surface area contributed by atoms with E-state index in [0.717, 1.165) is 24.7 Å². The van der Waals surface area contributed by atoms with E-state index in [1.54, 1.807) is 6.07 Å². The van der Waals surface area contributed by atoms with Gasteiger partial charge in [-0.25, -0.2) is 9.97 Å². The third-order valence-corrected chi connectivity index (χ3v) is 3.99.